The van der Waals surface area contributed by atoms with E-state index in [0.29, 0.717) is 6.61 Å². The van der Waals surface area contributed by atoms with Crippen molar-refractivity contribution in [3.05, 3.63) is 48.2 Å². The van der Waals surface area contributed by atoms with Crippen molar-refractivity contribution in [1.29, 1.82) is 0 Å². The van der Waals surface area contributed by atoms with Crippen molar-refractivity contribution >= 4 is 18.3 Å². The molecule has 1 aliphatic heterocycles. The Hall–Kier alpha value is -1.52. The van der Waals surface area contributed by atoms with Gasteiger partial charge in [0.2, 0.25) is 0 Å². The number of anilines is 1. The minimum atomic E-state index is -0.773. The van der Waals surface area contributed by atoms with Gasteiger partial charge in [-0.15, -0.1) is 0 Å². The summed E-state index contributed by atoms with van der Waals surface area (Å²) in [4.78, 5) is 0. The van der Waals surface area contributed by atoms with Crippen molar-refractivity contribution < 1.29 is 9.68 Å². The molecular formula is C12H14BNO2. The lowest BCUT2D eigenvalue weighted by atomic mass is 9.79. The van der Waals surface area contributed by atoms with Crippen LogP contribution in [0.4, 0.5) is 5.69 Å². The maximum absolute atomic E-state index is 9.48. The summed E-state index contributed by atoms with van der Waals surface area (Å²) in [6.07, 6.45) is 3.71. The van der Waals surface area contributed by atoms with Gasteiger partial charge in [0.15, 0.2) is 0 Å². The van der Waals surface area contributed by atoms with Gasteiger partial charge in [-0.3, -0.25) is 0 Å². The highest BCUT2D eigenvalue weighted by molar-refractivity contribution is 6.61. The van der Waals surface area contributed by atoms with Gasteiger partial charge in [0.1, 0.15) is 0 Å². The van der Waals surface area contributed by atoms with E-state index < -0.39 is 7.12 Å². The van der Waals surface area contributed by atoms with Crippen LogP contribution < -0.4 is 10.8 Å². The minimum absolute atomic E-state index is 0.464. The molecule has 1 aliphatic rings. The van der Waals surface area contributed by atoms with E-state index in [1.165, 1.54) is 0 Å². The first kappa shape index (κ1) is 11.0. The fourth-order valence-corrected chi connectivity index (χ4v) is 1.72. The van der Waals surface area contributed by atoms with Crippen LogP contribution in [0, 0.1) is 0 Å². The van der Waals surface area contributed by atoms with Gasteiger partial charge in [0, 0.05) is 11.4 Å². The largest absolute Gasteiger partial charge is 0.491 e. The van der Waals surface area contributed by atoms with E-state index in [0.717, 1.165) is 22.4 Å². The van der Waals surface area contributed by atoms with Crippen molar-refractivity contribution in [3.8, 4) is 0 Å². The van der Waals surface area contributed by atoms with E-state index in [-0.39, 0.29) is 0 Å². The standard InChI is InChI=1S/C12H14BNO2/c1-3-10(4-2)14-11-5-6-12-9(7-11)8-16-13(12)15/h3-7,14-15H,1,8H2,2H3/b10-4+. The molecule has 0 amide bonds. The molecule has 1 heterocycles. The van der Waals surface area contributed by atoms with E-state index >= 15 is 0 Å². The molecule has 0 fully saturated rings. The zero-order chi connectivity index (χ0) is 11.5. The van der Waals surface area contributed by atoms with Gasteiger partial charge in [-0.2, -0.15) is 0 Å². The second-order valence-corrected chi connectivity index (χ2v) is 3.65. The van der Waals surface area contributed by atoms with Crippen LogP contribution in [0.25, 0.3) is 0 Å². The summed E-state index contributed by atoms with van der Waals surface area (Å²) in [5.41, 5.74) is 3.81. The highest BCUT2D eigenvalue weighted by atomic mass is 16.5. The summed E-state index contributed by atoms with van der Waals surface area (Å²) in [5.74, 6) is 0. The third-order valence-electron chi connectivity index (χ3n) is 2.63. The number of rotatable bonds is 3. The quantitative estimate of drug-likeness (QED) is 0.591. The Morgan fingerprint density at radius 2 is 2.44 bits per heavy atom. The highest BCUT2D eigenvalue weighted by Gasteiger charge is 2.26. The van der Waals surface area contributed by atoms with Crippen LogP contribution in [0.3, 0.4) is 0 Å². The van der Waals surface area contributed by atoms with E-state index in [1.54, 1.807) is 6.08 Å². The summed E-state index contributed by atoms with van der Waals surface area (Å²) < 4.78 is 5.13. The van der Waals surface area contributed by atoms with Crippen molar-refractivity contribution in [1.82, 2.24) is 0 Å². The molecule has 2 N–H and O–H groups in total. The molecule has 0 bridgehead atoms. The molecule has 0 atom stereocenters. The number of nitrogens with one attached hydrogen (secondary N) is 1. The van der Waals surface area contributed by atoms with Gasteiger partial charge in [0.05, 0.1) is 6.61 Å². The smallest absolute Gasteiger partial charge is 0.423 e. The third-order valence-corrected chi connectivity index (χ3v) is 2.63. The van der Waals surface area contributed by atoms with E-state index in [1.807, 2.05) is 31.2 Å². The molecular weight excluding hydrogens is 201 g/mol. The second-order valence-electron chi connectivity index (χ2n) is 3.65. The maximum atomic E-state index is 9.48. The Morgan fingerprint density at radius 1 is 1.62 bits per heavy atom. The van der Waals surface area contributed by atoms with Crippen LogP contribution >= 0.6 is 0 Å². The number of hydrogen-bond acceptors (Lipinski definition) is 3. The molecule has 0 radical (unpaired) electrons. The van der Waals surface area contributed by atoms with Crippen molar-refractivity contribution in [3.63, 3.8) is 0 Å². The van der Waals surface area contributed by atoms with E-state index in [4.69, 9.17) is 4.65 Å². The van der Waals surface area contributed by atoms with Crippen molar-refractivity contribution in [2.24, 2.45) is 0 Å². The number of fused-ring (bicyclic) bond motifs is 1. The van der Waals surface area contributed by atoms with Crippen molar-refractivity contribution in [2.75, 3.05) is 5.32 Å². The number of benzene rings is 1. The minimum Gasteiger partial charge on any atom is -0.423 e. The first-order valence-corrected chi connectivity index (χ1v) is 5.23. The predicted molar refractivity (Wildman–Crippen MR) is 66.4 cm³/mol. The molecule has 0 spiro atoms. The van der Waals surface area contributed by atoms with Crippen LogP contribution in [0.1, 0.15) is 12.5 Å². The summed E-state index contributed by atoms with van der Waals surface area (Å²) in [6, 6.07) is 5.79. The molecule has 1 aromatic rings. The summed E-state index contributed by atoms with van der Waals surface area (Å²) in [6.45, 7) is 6.13. The Morgan fingerprint density at radius 3 is 3.12 bits per heavy atom. The molecule has 0 saturated carbocycles. The number of hydrogen-bond donors (Lipinski definition) is 2. The average Bonchev–Trinajstić information content (AvgIpc) is 2.68. The topological polar surface area (TPSA) is 41.5 Å². The van der Waals surface area contributed by atoms with Crippen LogP contribution in [-0.4, -0.2) is 12.1 Å². The highest BCUT2D eigenvalue weighted by Crippen LogP contribution is 2.16. The lowest BCUT2D eigenvalue weighted by molar-refractivity contribution is 0.275. The first-order chi connectivity index (χ1) is 7.74. The Balaban J connectivity index is 2.22. The molecule has 0 saturated heterocycles. The summed E-state index contributed by atoms with van der Waals surface area (Å²) >= 11 is 0. The Labute approximate surface area is 95.6 Å². The zero-order valence-electron chi connectivity index (χ0n) is 9.23. The lowest BCUT2D eigenvalue weighted by Gasteiger charge is -2.08. The molecule has 4 heteroatoms. The average molecular weight is 215 g/mol. The van der Waals surface area contributed by atoms with Gasteiger partial charge in [-0.25, -0.2) is 0 Å². The lowest BCUT2D eigenvalue weighted by Crippen LogP contribution is -2.27. The SMILES string of the molecule is C=C/C(=C\C)Nc1ccc2c(c1)COB2O. The Bertz CT molecular complexity index is 443. The molecule has 82 valence electrons. The normalized spacial score (nSPS) is 14.9. The van der Waals surface area contributed by atoms with Crippen LogP contribution in [-0.2, 0) is 11.3 Å². The second kappa shape index (κ2) is 4.55. The van der Waals surface area contributed by atoms with Crippen LogP contribution in [0.15, 0.2) is 42.6 Å². The van der Waals surface area contributed by atoms with Gasteiger partial charge < -0.3 is 15.0 Å². The van der Waals surface area contributed by atoms with Gasteiger partial charge in [0.25, 0.3) is 0 Å². The molecule has 16 heavy (non-hydrogen) atoms. The van der Waals surface area contributed by atoms with Crippen LogP contribution in [0.5, 0.6) is 0 Å². The predicted octanol–water partition coefficient (Wildman–Crippen LogP) is 1.41. The van der Waals surface area contributed by atoms with Gasteiger partial charge in [-0.05, 0) is 36.2 Å². The third kappa shape index (κ3) is 2.03. The van der Waals surface area contributed by atoms with E-state index in [2.05, 4.69) is 11.9 Å². The fourth-order valence-electron chi connectivity index (χ4n) is 1.72. The molecule has 0 aliphatic carbocycles. The van der Waals surface area contributed by atoms with Gasteiger partial charge in [-0.1, -0.05) is 18.7 Å². The van der Waals surface area contributed by atoms with Crippen LogP contribution in [0.2, 0.25) is 0 Å². The van der Waals surface area contributed by atoms with Crippen molar-refractivity contribution in [2.45, 2.75) is 13.5 Å². The summed E-state index contributed by atoms with van der Waals surface area (Å²) in [7, 11) is -0.773. The molecule has 3 nitrogen and oxygen atoms in total. The molecule has 1 aromatic carbocycles. The monoisotopic (exact) mass is 215 g/mol. The van der Waals surface area contributed by atoms with E-state index in [9.17, 15) is 5.02 Å². The molecule has 0 unspecified atom stereocenters. The van der Waals surface area contributed by atoms with Gasteiger partial charge >= 0.3 is 7.12 Å². The zero-order valence-corrected chi connectivity index (χ0v) is 9.23. The fraction of sp³-hybridized carbons (Fsp3) is 0.167. The Kier molecular flexibility index (Phi) is 3.13. The number of allylic oxidation sites excluding steroid dienone is 2. The molecule has 2 rings (SSSR count). The first-order valence-electron chi connectivity index (χ1n) is 5.23. The summed E-state index contributed by atoms with van der Waals surface area (Å²) in [5, 5.41) is 12.7. The maximum Gasteiger partial charge on any atom is 0.491 e. The molecule has 0 aromatic heterocycles.